The number of pyridine rings is 2. The van der Waals surface area contributed by atoms with E-state index in [4.69, 9.17) is 0 Å². The van der Waals surface area contributed by atoms with E-state index in [1.807, 2.05) is 11.0 Å². The topological polar surface area (TPSA) is 123 Å². The van der Waals surface area contributed by atoms with E-state index in [0.29, 0.717) is 61.6 Å². The first-order valence-corrected chi connectivity index (χ1v) is 13.5. The Labute approximate surface area is 221 Å². The molecular weight excluding hydrogens is 482 g/mol. The second-order valence-corrected chi connectivity index (χ2v) is 10.8. The largest absolute Gasteiger partial charge is 0.336 e. The molecule has 0 aromatic carbocycles. The molecule has 6 rings (SSSR count). The van der Waals surface area contributed by atoms with Crippen LogP contribution in [0.3, 0.4) is 0 Å². The third-order valence-corrected chi connectivity index (χ3v) is 8.16. The molecule has 1 aliphatic carbocycles. The molecule has 2 aromatic heterocycles. The number of aldehydes is 1. The molecule has 38 heavy (non-hydrogen) atoms. The van der Waals surface area contributed by atoms with Gasteiger partial charge in [-0.25, -0.2) is 14.8 Å². The summed E-state index contributed by atoms with van der Waals surface area (Å²) in [6.45, 7) is 2.89. The van der Waals surface area contributed by atoms with E-state index in [2.05, 4.69) is 26.3 Å². The molecule has 1 N–H and O–H groups in total. The molecule has 1 atom stereocenters. The normalized spacial score (nSPS) is 21.0. The van der Waals surface area contributed by atoms with Gasteiger partial charge in [0.05, 0.1) is 12.1 Å². The van der Waals surface area contributed by atoms with Gasteiger partial charge in [-0.1, -0.05) is 0 Å². The minimum atomic E-state index is -0.370. The van der Waals surface area contributed by atoms with E-state index in [1.54, 1.807) is 11.0 Å². The molecule has 2 aromatic rings. The van der Waals surface area contributed by atoms with Crippen molar-refractivity contribution in [3.05, 3.63) is 46.3 Å². The molecule has 3 amide bonds. The van der Waals surface area contributed by atoms with Gasteiger partial charge in [0.15, 0.2) is 6.29 Å². The molecule has 0 radical (unpaired) electrons. The standard InChI is InChI=1S/C28H31N7O3/c29-12-22-13-30-25(11-20(22)9-18-5-6-18)32-28(38)35-8-1-3-19-10-21(24(17-36)31-27(19)35)14-34-15-23-4-2-7-33(23)16-26(34)37/h10-11,13,17-18,23H,1-9,14-16H2,(H,30,32,38). The van der Waals surface area contributed by atoms with Crippen LogP contribution in [0.2, 0.25) is 0 Å². The quantitative estimate of drug-likeness (QED) is 0.589. The van der Waals surface area contributed by atoms with Crippen molar-refractivity contribution in [2.45, 2.75) is 57.5 Å². The maximum absolute atomic E-state index is 13.3. The van der Waals surface area contributed by atoms with Crippen LogP contribution in [0.1, 0.15) is 64.8 Å². The Morgan fingerprint density at radius 2 is 2.05 bits per heavy atom. The fourth-order valence-electron chi connectivity index (χ4n) is 5.93. The number of anilines is 2. The molecule has 0 bridgehead atoms. The van der Waals surface area contributed by atoms with Crippen LogP contribution in [0.4, 0.5) is 16.4 Å². The number of carbonyl (C=O) groups is 3. The van der Waals surface area contributed by atoms with Crippen molar-refractivity contribution in [3.8, 4) is 6.07 Å². The van der Waals surface area contributed by atoms with Crippen molar-refractivity contribution >= 4 is 29.9 Å². The third kappa shape index (κ3) is 4.86. The van der Waals surface area contributed by atoms with Crippen LogP contribution in [0, 0.1) is 17.2 Å². The molecule has 1 unspecified atom stereocenters. The first kappa shape index (κ1) is 24.5. The molecule has 4 aliphatic rings. The molecule has 3 aliphatic heterocycles. The second kappa shape index (κ2) is 10.1. The number of rotatable bonds is 6. The van der Waals surface area contributed by atoms with Gasteiger partial charge in [0.1, 0.15) is 23.4 Å². The highest BCUT2D eigenvalue weighted by molar-refractivity contribution is 6.01. The number of fused-ring (bicyclic) bond motifs is 2. The van der Waals surface area contributed by atoms with Crippen LogP contribution in [0.5, 0.6) is 0 Å². The van der Waals surface area contributed by atoms with Gasteiger partial charge in [-0.2, -0.15) is 5.26 Å². The Morgan fingerprint density at radius 3 is 2.84 bits per heavy atom. The van der Waals surface area contributed by atoms with Crippen LogP contribution < -0.4 is 10.2 Å². The number of nitrogens with one attached hydrogen (secondary N) is 1. The van der Waals surface area contributed by atoms with Crippen molar-refractivity contribution in [3.63, 3.8) is 0 Å². The number of aromatic nitrogens is 2. The second-order valence-electron chi connectivity index (χ2n) is 10.8. The van der Waals surface area contributed by atoms with E-state index in [0.717, 1.165) is 68.2 Å². The van der Waals surface area contributed by atoms with Crippen molar-refractivity contribution in [2.75, 3.05) is 36.4 Å². The highest BCUT2D eigenvalue weighted by Crippen LogP contribution is 2.34. The smallest absolute Gasteiger partial charge is 0.328 e. The zero-order valence-corrected chi connectivity index (χ0v) is 21.4. The lowest BCUT2D eigenvalue weighted by atomic mass is 10.0. The first-order chi connectivity index (χ1) is 18.5. The van der Waals surface area contributed by atoms with Crippen molar-refractivity contribution in [1.29, 1.82) is 5.26 Å². The van der Waals surface area contributed by atoms with Crippen molar-refractivity contribution in [1.82, 2.24) is 19.8 Å². The predicted molar refractivity (Wildman–Crippen MR) is 140 cm³/mol. The molecule has 3 fully saturated rings. The van der Waals surface area contributed by atoms with E-state index < -0.39 is 0 Å². The van der Waals surface area contributed by atoms with Gasteiger partial charge in [-0.05, 0) is 80.7 Å². The van der Waals surface area contributed by atoms with Gasteiger partial charge in [-0.15, -0.1) is 0 Å². The first-order valence-electron chi connectivity index (χ1n) is 13.5. The lowest BCUT2D eigenvalue weighted by Crippen LogP contribution is -2.53. The van der Waals surface area contributed by atoms with E-state index in [1.165, 1.54) is 6.20 Å². The molecule has 196 valence electrons. The van der Waals surface area contributed by atoms with Crippen LogP contribution >= 0.6 is 0 Å². The maximum atomic E-state index is 13.3. The summed E-state index contributed by atoms with van der Waals surface area (Å²) in [4.78, 5) is 52.6. The lowest BCUT2D eigenvalue weighted by molar-refractivity contribution is -0.138. The zero-order valence-electron chi connectivity index (χ0n) is 21.4. The van der Waals surface area contributed by atoms with Crippen molar-refractivity contribution < 1.29 is 14.4 Å². The molecule has 10 nitrogen and oxygen atoms in total. The van der Waals surface area contributed by atoms with Gasteiger partial charge >= 0.3 is 6.03 Å². The van der Waals surface area contributed by atoms with Crippen LogP contribution in [0.15, 0.2) is 18.3 Å². The van der Waals surface area contributed by atoms with Gasteiger partial charge in [0, 0.05) is 37.4 Å². The molecular formula is C28H31N7O3. The number of hydrogen-bond acceptors (Lipinski definition) is 7. The van der Waals surface area contributed by atoms with Crippen LogP contribution in [0.25, 0.3) is 0 Å². The fourth-order valence-corrected chi connectivity index (χ4v) is 5.93. The molecule has 2 saturated heterocycles. The highest BCUT2D eigenvalue weighted by atomic mass is 16.2. The molecule has 1 saturated carbocycles. The van der Waals surface area contributed by atoms with E-state index >= 15 is 0 Å². The fraction of sp³-hybridized carbons (Fsp3) is 0.500. The van der Waals surface area contributed by atoms with Gasteiger partial charge < -0.3 is 4.90 Å². The number of urea groups is 1. The van der Waals surface area contributed by atoms with Crippen LogP contribution in [-0.2, 0) is 24.2 Å². The Morgan fingerprint density at radius 1 is 1.18 bits per heavy atom. The monoisotopic (exact) mass is 513 g/mol. The molecule has 0 spiro atoms. The summed E-state index contributed by atoms with van der Waals surface area (Å²) in [5.74, 6) is 1.54. The molecule has 10 heteroatoms. The number of nitrogens with zero attached hydrogens (tertiary/aromatic N) is 6. The number of amides is 3. The average Bonchev–Trinajstić information content (AvgIpc) is 3.63. The van der Waals surface area contributed by atoms with Gasteiger partial charge in [-0.3, -0.25) is 24.7 Å². The SMILES string of the molecule is N#Cc1cnc(NC(=O)N2CCCc3cc(CN4CC5CCCN5CC4=O)c(C=O)nc32)cc1CC1CC1. The number of aryl methyl sites for hydroxylation is 1. The maximum Gasteiger partial charge on any atom is 0.328 e. The minimum Gasteiger partial charge on any atom is -0.336 e. The lowest BCUT2D eigenvalue weighted by Gasteiger charge is -2.37. The third-order valence-electron chi connectivity index (χ3n) is 8.16. The Balaban J connectivity index is 1.21. The summed E-state index contributed by atoms with van der Waals surface area (Å²) >= 11 is 0. The van der Waals surface area contributed by atoms with Crippen LogP contribution in [-0.4, -0.2) is 70.2 Å². The summed E-state index contributed by atoms with van der Waals surface area (Å²) in [6, 6.07) is 5.93. The summed E-state index contributed by atoms with van der Waals surface area (Å²) in [5.41, 5.74) is 3.31. The zero-order chi connectivity index (χ0) is 26.2. The van der Waals surface area contributed by atoms with Gasteiger partial charge in [0.2, 0.25) is 5.91 Å². The summed E-state index contributed by atoms with van der Waals surface area (Å²) in [5, 5.41) is 12.3. The average molecular weight is 514 g/mol. The summed E-state index contributed by atoms with van der Waals surface area (Å²) in [7, 11) is 0. The van der Waals surface area contributed by atoms with E-state index in [-0.39, 0.29) is 17.6 Å². The number of piperazine rings is 1. The Hall–Kier alpha value is -3.84. The molecule has 5 heterocycles. The van der Waals surface area contributed by atoms with Gasteiger partial charge in [0.25, 0.3) is 0 Å². The number of nitriles is 1. The number of hydrogen-bond donors (Lipinski definition) is 1. The Kier molecular flexibility index (Phi) is 6.54. The summed E-state index contributed by atoms with van der Waals surface area (Å²) < 4.78 is 0. The highest BCUT2D eigenvalue weighted by Gasteiger charge is 2.35. The Bertz CT molecular complexity index is 1330. The predicted octanol–water partition coefficient (Wildman–Crippen LogP) is 2.90. The summed E-state index contributed by atoms with van der Waals surface area (Å²) in [6.07, 6.45) is 9.07. The minimum absolute atomic E-state index is 0.0784. The van der Waals surface area contributed by atoms with E-state index in [9.17, 15) is 19.6 Å². The number of carbonyl (C=O) groups excluding carboxylic acids is 3. The van der Waals surface area contributed by atoms with Crippen molar-refractivity contribution in [2.24, 2.45) is 5.92 Å².